The Morgan fingerprint density at radius 3 is 2.44 bits per heavy atom. The lowest BCUT2D eigenvalue weighted by Crippen LogP contribution is -2.13. The highest BCUT2D eigenvalue weighted by Gasteiger charge is 2.38. The Morgan fingerprint density at radius 1 is 1.22 bits per heavy atom. The zero-order valence-electron chi connectivity index (χ0n) is 5.71. The average molecular weight is 126 g/mol. The smallest absolute Gasteiger partial charge is 0.0462 e. The highest BCUT2D eigenvalue weighted by Crippen LogP contribution is 2.47. The van der Waals surface area contributed by atoms with Crippen molar-refractivity contribution in [1.82, 2.24) is 0 Å². The van der Waals surface area contributed by atoms with Gasteiger partial charge in [0, 0.05) is 6.61 Å². The zero-order valence-corrected chi connectivity index (χ0v) is 5.71. The lowest BCUT2D eigenvalue weighted by atomic mass is 9.90. The van der Waals surface area contributed by atoms with Crippen LogP contribution in [0.1, 0.15) is 25.7 Å². The van der Waals surface area contributed by atoms with Gasteiger partial charge in [-0.1, -0.05) is 6.42 Å². The van der Waals surface area contributed by atoms with E-state index in [9.17, 15) is 0 Å². The molecule has 0 amide bonds. The fourth-order valence-corrected chi connectivity index (χ4v) is 2.60. The molecule has 0 aromatic carbocycles. The van der Waals surface area contributed by atoms with Crippen LogP contribution in [0.3, 0.4) is 0 Å². The number of aliphatic hydroxyl groups is 1. The molecule has 0 unspecified atom stereocenters. The zero-order chi connectivity index (χ0) is 6.27. The summed E-state index contributed by atoms with van der Waals surface area (Å²) in [6.07, 6.45) is 5.59. The minimum Gasteiger partial charge on any atom is -0.396 e. The van der Waals surface area contributed by atoms with Crippen LogP contribution in [-0.2, 0) is 0 Å². The summed E-state index contributed by atoms with van der Waals surface area (Å²) in [6.45, 7) is 0.446. The van der Waals surface area contributed by atoms with Crippen molar-refractivity contribution in [2.24, 2.45) is 17.8 Å². The van der Waals surface area contributed by atoms with Gasteiger partial charge in [0.05, 0.1) is 0 Å². The van der Waals surface area contributed by atoms with Gasteiger partial charge in [-0.05, 0) is 37.0 Å². The summed E-state index contributed by atoms with van der Waals surface area (Å²) >= 11 is 0. The molecule has 2 aliphatic rings. The molecule has 0 spiro atoms. The number of rotatable bonds is 1. The average Bonchev–Trinajstić information content (AvgIpc) is 2.45. The lowest BCUT2D eigenvalue weighted by Gasteiger charge is -2.18. The van der Waals surface area contributed by atoms with Gasteiger partial charge in [-0.3, -0.25) is 0 Å². The maximum Gasteiger partial charge on any atom is 0.0462 e. The van der Waals surface area contributed by atoms with Crippen LogP contribution >= 0.6 is 0 Å². The molecule has 2 rings (SSSR count). The predicted octanol–water partition coefficient (Wildman–Crippen LogP) is 1.41. The molecule has 0 aromatic heterocycles. The van der Waals surface area contributed by atoms with Gasteiger partial charge in [0.1, 0.15) is 0 Å². The Kier molecular flexibility index (Phi) is 1.26. The summed E-state index contributed by atoms with van der Waals surface area (Å²) in [5, 5.41) is 8.89. The molecule has 0 radical (unpaired) electrons. The first kappa shape index (κ1) is 5.72. The first-order valence-corrected chi connectivity index (χ1v) is 4.01. The van der Waals surface area contributed by atoms with E-state index in [0.29, 0.717) is 12.5 Å². The summed E-state index contributed by atoms with van der Waals surface area (Å²) in [6, 6.07) is 0. The number of hydrogen-bond acceptors (Lipinski definition) is 1. The Bertz CT molecular complexity index is 111. The van der Waals surface area contributed by atoms with Crippen molar-refractivity contribution in [3.8, 4) is 0 Å². The van der Waals surface area contributed by atoms with Gasteiger partial charge in [0.25, 0.3) is 0 Å². The topological polar surface area (TPSA) is 20.2 Å². The molecule has 1 nitrogen and oxygen atoms in total. The van der Waals surface area contributed by atoms with Gasteiger partial charge in [-0.2, -0.15) is 0 Å². The quantitative estimate of drug-likeness (QED) is 0.563. The second-order valence-corrected chi connectivity index (χ2v) is 3.62. The van der Waals surface area contributed by atoms with Crippen LogP contribution in [0.15, 0.2) is 0 Å². The molecule has 1 heteroatoms. The molecular formula is C8H14O. The Morgan fingerprint density at radius 2 is 2.11 bits per heavy atom. The normalized spacial score (nSPS) is 48.3. The Labute approximate surface area is 56.1 Å². The van der Waals surface area contributed by atoms with E-state index in [-0.39, 0.29) is 0 Å². The summed E-state index contributed by atoms with van der Waals surface area (Å²) < 4.78 is 0. The minimum absolute atomic E-state index is 0.446. The molecule has 1 N–H and O–H groups in total. The monoisotopic (exact) mass is 126 g/mol. The second kappa shape index (κ2) is 1.98. The van der Waals surface area contributed by atoms with Gasteiger partial charge in [-0.15, -0.1) is 0 Å². The molecule has 2 fully saturated rings. The van der Waals surface area contributed by atoms with E-state index in [1.54, 1.807) is 0 Å². The van der Waals surface area contributed by atoms with Crippen molar-refractivity contribution in [2.45, 2.75) is 25.7 Å². The van der Waals surface area contributed by atoms with E-state index in [1.165, 1.54) is 25.7 Å². The van der Waals surface area contributed by atoms with Gasteiger partial charge in [-0.25, -0.2) is 0 Å². The molecule has 2 aliphatic carbocycles. The maximum atomic E-state index is 8.89. The Hall–Kier alpha value is -0.0400. The first-order chi connectivity index (χ1) is 4.40. The Balaban J connectivity index is 2.01. The van der Waals surface area contributed by atoms with Crippen molar-refractivity contribution in [2.75, 3.05) is 6.61 Å². The number of aliphatic hydroxyl groups excluding tert-OH is 1. The van der Waals surface area contributed by atoms with Crippen LogP contribution in [0, 0.1) is 17.8 Å². The minimum atomic E-state index is 0.446. The van der Waals surface area contributed by atoms with E-state index >= 15 is 0 Å². The van der Waals surface area contributed by atoms with Crippen LogP contribution in [0.2, 0.25) is 0 Å². The maximum absolute atomic E-state index is 8.89. The van der Waals surface area contributed by atoms with Crippen LogP contribution in [0.25, 0.3) is 0 Å². The molecule has 0 aromatic rings. The third-order valence-electron chi connectivity index (χ3n) is 3.12. The van der Waals surface area contributed by atoms with Crippen molar-refractivity contribution in [3.63, 3.8) is 0 Å². The van der Waals surface area contributed by atoms with Crippen LogP contribution in [-0.4, -0.2) is 11.7 Å². The van der Waals surface area contributed by atoms with Crippen molar-refractivity contribution in [3.05, 3.63) is 0 Å². The van der Waals surface area contributed by atoms with Gasteiger partial charge in [0.2, 0.25) is 0 Å². The van der Waals surface area contributed by atoms with E-state index in [2.05, 4.69) is 0 Å². The SMILES string of the molecule is OC[C@@H]1C[C@H]2CC[C@H]1C2. The van der Waals surface area contributed by atoms with E-state index < -0.39 is 0 Å². The van der Waals surface area contributed by atoms with Gasteiger partial charge in [0.15, 0.2) is 0 Å². The second-order valence-electron chi connectivity index (χ2n) is 3.62. The highest BCUT2D eigenvalue weighted by atomic mass is 16.3. The molecule has 3 atom stereocenters. The number of fused-ring (bicyclic) bond motifs is 2. The third kappa shape index (κ3) is 0.787. The third-order valence-corrected chi connectivity index (χ3v) is 3.12. The van der Waals surface area contributed by atoms with Crippen molar-refractivity contribution in [1.29, 1.82) is 0 Å². The van der Waals surface area contributed by atoms with E-state index in [4.69, 9.17) is 5.11 Å². The van der Waals surface area contributed by atoms with Gasteiger partial charge < -0.3 is 5.11 Å². The van der Waals surface area contributed by atoms with E-state index in [0.717, 1.165) is 11.8 Å². The summed E-state index contributed by atoms with van der Waals surface area (Å²) in [4.78, 5) is 0. The first-order valence-electron chi connectivity index (χ1n) is 4.01. The van der Waals surface area contributed by atoms with Crippen molar-refractivity contribution < 1.29 is 5.11 Å². The molecule has 0 saturated heterocycles. The molecule has 2 saturated carbocycles. The van der Waals surface area contributed by atoms with E-state index in [1.807, 2.05) is 0 Å². The van der Waals surface area contributed by atoms with Gasteiger partial charge >= 0.3 is 0 Å². The highest BCUT2D eigenvalue weighted by molar-refractivity contribution is 4.89. The fraction of sp³-hybridized carbons (Fsp3) is 1.00. The molecular weight excluding hydrogens is 112 g/mol. The molecule has 0 aliphatic heterocycles. The predicted molar refractivity (Wildman–Crippen MR) is 36.0 cm³/mol. The molecule has 52 valence electrons. The summed E-state index contributed by atoms with van der Waals surface area (Å²) in [5.41, 5.74) is 0. The standard InChI is InChI=1S/C8H14O/c9-5-8-4-6-1-2-7(8)3-6/h6-9H,1-5H2/t6-,7-,8-/m0/s1. The fourth-order valence-electron chi connectivity index (χ4n) is 2.60. The largest absolute Gasteiger partial charge is 0.396 e. The molecule has 9 heavy (non-hydrogen) atoms. The summed E-state index contributed by atoms with van der Waals surface area (Å²) in [5.74, 6) is 2.58. The van der Waals surface area contributed by atoms with Crippen LogP contribution in [0.5, 0.6) is 0 Å². The lowest BCUT2D eigenvalue weighted by molar-refractivity contribution is 0.177. The molecule has 0 heterocycles. The van der Waals surface area contributed by atoms with Crippen LogP contribution < -0.4 is 0 Å². The van der Waals surface area contributed by atoms with Crippen molar-refractivity contribution >= 4 is 0 Å². The van der Waals surface area contributed by atoms with Crippen LogP contribution in [0.4, 0.5) is 0 Å². The summed E-state index contributed by atoms with van der Waals surface area (Å²) in [7, 11) is 0. The number of hydrogen-bond donors (Lipinski definition) is 1. The molecule has 2 bridgehead atoms.